The van der Waals surface area contributed by atoms with Crippen molar-refractivity contribution >= 4 is 40.5 Å². The van der Waals surface area contributed by atoms with E-state index in [9.17, 15) is 4.79 Å². The highest BCUT2D eigenvalue weighted by atomic mass is 32.2. The second-order valence-electron chi connectivity index (χ2n) is 6.30. The van der Waals surface area contributed by atoms with E-state index in [0.717, 1.165) is 38.1 Å². The maximum atomic E-state index is 12.4. The van der Waals surface area contributed by atoms with Crippen LogP contribution < -0.4 is 10.6 Å². The van der Waals surface area contributed by atoms with Gasteiger partial charge in [0.15, 0.2) is 0 Å². The Balaban J connectivity index is 1.47. The van der Waals surface area contributed by atoms with Crippen molar-refractivity contribution in [1.82, 2.24) is 4.98 Å². The van der Waals surface area contributed by atoms with E-state index in [2.05, 4.69) is 22.8 Å². The number of rotatable bonds is 5. The molecular formula is C23H19N3OS2. The van der Waals surface area contributed by atoms with Gasteiger partial charge in [0.25, 0.3) is 0 Å². The first-order valence-electron chi connectivity index (χ1n) is 9.05. The third kappa shape index (κ3) is 4.85. The van der Waals surface area contributed by atoms with Gasteiger partial charge in [-0.1, -0.05) is 48.5 Å². The molecule has 0 fully saturated rings. The molecule has 2 amide bonds. The van der Waals surface area contributed by atoms with Crippen molar-refractivity contribution < 1.29 is 4.79 Å². The summed E-state index contributed by atoms with van der Waals surface area (Å²) in [6.45, 7) is 0. The molecule has 0 saturated carbocycles. The maximum absolute atomic E-state index is 12.4. The molecule has 2 N–H and O–H groups in total. The Labute approximate surface area is 178 Å². The lowest BCUT2D eigenvalue weighted by atomic mass is 10.1. The molecule has 0 aliphatic heterocycles. The van der Waals surface area contributed by atoms with Crippen LogP contribution in [0.15, 0.2) is 89.1 Å². The number of anilines is 2. The van der Waals surface area contributed by atoms with Crippen LogP contribution in [0, 0.1) is 0 Å². The van der Waals surface area contributed by atoms with Gasteiger partial charge in [-0.05, 0) is 36.6 Å². The number of hydrogen-bond donors (Lipinski definition) is 2. The van der Waals surface area contributed by atoms with Gasteiger partial charge in [0, 0.05) is 32.8 Å². The smallest absolute Gasteiger partial charge is 0.308 e. The van der Waals surface area contributed by atoms with Crippen molar-refractivity contribution in [2.75, 3.05) is 16.9 Å². The lowest BCUT2D eigenvalue weighted by Gasteiger charge is -2.09. The molecule has 0 radical (unpaired) electrons. The van der Waals surface area contributed by atoms with Gasteiger partial charge >= 0.3 is 6.03 Å². The number of amides is 2. The molecule has 144 valence electrons. The number of hydrogen-bond acceptors (Lipinski definition) is 4. The number of benzene rings is 3. The minimum Gasteiger partial charge on any atom is -0.308 e. The number of nitrogens with one attached hydrogen (secondary N) is 2. The average molecular weight is 418 g/mol. The summed E-state index contributed by atoms with van der Waals surface area (Å²) >= 11 is 3.25. The van der Waals surface area contributed by atoms with Crippen LogP contribution >= 0.6 is 23.1 Å². The van der Waals surface area contributed by atoms with Crippen LogP contribution in [0.3, 0.4) is 0 Å². The van der Waals surface area contributed by atoms with E-state index in [1.165, 1.54) is 0 Å². The van der Waals surface area contributed by atoms with Gasteiger partial charge in [-0.25, -0.2) is 9.78 Å². The molecule has 0 saturated heterocycles. The van der Waals surface area contributed by atoms with Crippen LogP contribution in [0.2, 0.25) is 0 Å². The van der Waals surface area contributed by atoms with E-state index in [1.54, 1.807) is 23.1 Å². The van der Waals surface area contributed by atoms with Gasteiger partial charge in [0.2, 0.25) is 0 Å². The van der Waals surface area contributed by atoms with Crippen LogP contribution in [0.4, 0.5) is 16.2 Å². The first-order valence-corrected chi connectivity index (χ1v) is 11.2. The summed E-state index contributed by atoms with van der Waals surface area (Å²) in [7, 11) is 0. The monoisotopic (exact) mass is 417 g/mol. The Hall–Kier alpha value is -3.09. The van der Waals surface area contributed by atoms with E-state index in [-0.39, 0.29) is 6.03 Å². The van der Waals surface area contributed by atoms with Gasteiger partial charge in [0.05, 0.1) is 5.69 Å². The Morgan fingerprint density at radius 1 is 0.862 bits per heavy atom. The number of carbonyl (C=O) groups excluding carboxylic acids is 1. The minimum absolute atomic E-state index is 0.274. The number of thiazole rings is 1. The van der Waals surface area contributed by atoms with Gasteiger partial charge < -0.3 is 10.6 Å². The number of aromatic nitrogens is 1. The van der Waals surface area contributed by atoms with Crippen LogP contribution in [0.1, 0.15) is 0 Å². The SMILES string of the molecule is CSc1cccc(NC(=O)Nc2cccc(-c3csc(-c4ccccc4)n3)c2)c1. The van der Waals surface area contributed by atoms with Crippen molar-refractivity contribution in [2.45, 2.75) is 4.90 Å². The molecule has 0 spiro atoms. The summed E-state index contributed by atoms with van der Waals surface area (Å²) in [5.74, 6) is 0. The Morgan fingerprint density at radius 3 is 2.31 bits per heavy atom. The molecule has 0 aliphatic carbocycles. The van der Waals surface area contributed by atoms with Crippen molar-refractivity contribution in [3.63, 3.8) is 0 Å². The van der Waals surface area contributed by atoms with Gasteiger partial charge in [-0.2, -0.15) is 0 Å². The predicted molar refractivity (Wildman–Crippen MR) is 124 cm³/mol. The summed E-state index contributed by atoms with van der Waals surface area (Å²) < 4.78 is 0. The van der Waals surface area contributed by atoms with E-state index in [0.29, 0.717) is 0 Å². The van der Waals surface area contributed by atoms with Gasteiger partial charge in [-0.15, -0.1) is 23.1 Å². The summed E-state index contributed by atoms with van der Waals surface area (Å²) in [4.78, 5) is 18.2. The van der Waals surface area contributed by atoms with Crippen molar-refractivity contribution in [2.24, 2.45) is 0 Å². The molecule has 6 heteroatoms. The highest BCUT2D eigenvalue weighted by Crippen LogP contribution is 2.30. The molecule has 0 bridgehead atoms. The molecular weight excluding hydrogens is 398 g/mol. The number of nitrogens with zero attached hydrogens (tertiary/aromatic N) is 1. The Kier molecular flexibility index (Phi) is 5.93. The topological polar surface area (TPSA) is 54.0 Å². The largest absolute Gasteiger partial charge is 0.323 e. The first-order chi connectivity index (χ1) is 14.2. The number of thioether (sulfide) groups is 1. The van der Waals surface area contributed by atoms with Crippen LogP contribution in [0.5, 0.6) is 0 Å². The zero-order valence-corrected chi connectivity index (χ0v) is 17.4. The van der Waals surface area contributed by atoms with Crippen LogP contribution in [-0.2, 0) is 0 Å². The number of urea groups is 1. The van der Waals surface area contributed by atoms with Crippen LogP contribution in [-0.4, -0.2) is 17.3 Å². The molecule has 0 aliphatic rings. The third-order valence-corrected chi connectivity index (χ3v) is 5.89. The van der Waals surface area contributed by atoms with Crippen LogP contribution in [0.25, 0.3) is 21.8 Å². The molecule has 1 heterocycles. The highest BCUT2D eigenvalue weighted by molar-refractivity contribution is 7.98. The molecule has 0 unspecified atom stereocenters. The molecule has 3 aromatic carbocycles. The lowest BCUT2D eigenvalue weighted by Crippen LogP contribution is -2.19. The van der Waals surface area contributed by atoms with E-state index < -0.39 is 0 Å². The first kappa shape index (κ1) is 19.2. The normalized spacial score (nSPS) is 10.5. The third-order valence-electron chi connectivity index (χ3n) is 4.27. The van der Waals surface area contributed by atoms with Crippen molar-refractivity contribution in [1.29, 1.82) is 0 Å². The van der Waals surface area contributed by atoms with Crippen molar-refractivity contribution in [3.8, 4) is 21.8 Å². The molecule has 4 aromatic rings. The standard InChI is InChI=1S/C23H19N3OS2/c1-28-20-12-6-11-19(14-20)25-23(27)24-18-10-5-9-17(13-18)21-15-29-22(26-21)16-7-3-2-4-8-16/h2-15H,1H3,(H2,24,25,27). The quantitative estimate of drug-likeness (QED) is 0.349. The summed E-state index contributed by atoms with van der Waals surface area (Å²) in [5, 5.41) is 8.78. The molecule has 1 aromatic heterocycles. The van der Waals surface area contributed by atoms with E-state index in [4.69, 9.17) is 4.98 Å². The summed E-state index contributed by atoms with van der Waals surface area (Å²) in [6.07, 6.45) is 2.01. The summed E-state index contributed by atoms with van der Waals surface area (Å²) in [6, 6.07) is 25.3. The second-order valence-corrected chi connectivity index (χ2v) is 8.03. The fraction of sp³-hybridized carbons (Fsp3) is 0.0435. The lowest BCUT2D eigenvalue weighted by molar-refractivity contribution is 0.262. The summed E-state index contributed by atoms with van der Waals surface area (Å²) in [5.41, 5.74) is 4.44. The zero-order chi connectivity index (χ0) is 20.1. The number of carbonyl (C=O) groups is 1. The minimum atomic E-state index is -0.274. The molecule has 4 rings (SSSR count). The zero-order valence-electron chi connectivity index (χ0n) is 15.8. The second kappa shape index (κ2) is 8.94. The predicted octanol–water partition coefficient (Wildman–Crippen LogP) is 6.84. The van der Waals surface area contributed by atoms with E-state index in [1.807, 2.05) is 78.4 Å². The van der Waals surface area contributed by atoms with E-state index >= 15 is 0 Å². The van der Waals surface area contributed by atoms with Gasteiger partial charge in [-0.3, -0.25) is 0 Å². The molecule has 0 atom stereocenters. The Morgan fingerprint density at radius 2 is 1.55 bits per heavy atom. The van der Waals surface area contributed by atoms with Crippen molar-refractivity contribution in [3.05, 3.63) is 84.2 Å². The highest BCUT2D eigenvalue weighted by Gasteiger charge is 2.09. The average Bonchev–Trinajstić information content (AvgIpc) is 3.25. The molecule has 29 heavy (non-hydrogen) atoms. The fourth-order valence-electron chi connectivity index (χ4n) is 2.87. The molecule has 4 nitrogen and oxygen atoms in total. The van der Waals surface area contributed by atoms with Gasteiger partial charge in [0.1, 0.15) is 5.01 Å². The maximum Gasteiger partial charge on any atom is 0.323 e. The fourth-order valence-corrected chi connectivity index (χ4v) is 4.16. The Bertz CT molecular complexity index is 1130.